The maximum absolute atomic E-state index is 4.74. The van der Waals surface area contributed by atoms with Crippen LogP contribution in [-0.2, 0) is 13.1 Å². The largest absolute Gasteiger partial charge is 0.311 e. The molecule has 0 aliphatic heterocycles. The van der Waals surface area contributed by atoms with Gasteiger partial charge in [-0.3, -0.25) is 4.68 Å². The van der Waals surface area contributed by atoms with Crippen LogP contribution in [0.3, 0.4) is 0 Å². The summed E-state index contributed by atoms with van der Waals surface area (Å²) >= 11 is 0. The summed E-state index contributed by atoms with van der Waals surface area (Å²) in [6, 6.07) is 8.54. The van der Waals surface area contributed by atoms with Crippen molar-refractivity contribution in [3.63, 3.8) is 0 Å². The highest BCUT2D eigenvalue weighted by molar-refractivity contribution is 5.81. The van der Waals surface area contributed by atoms with Gasteiger partial charge in [-0.15, -0.1) is 0 Å². The molecule has 1 N–H and O–H groups in total. The molecule has 1 fully saturated rings. The lowest BCUT2D eigenvalue weighted by molar-refractivity contribution is 0.468. The lowest BCUT2D eigenvalue weighted by Crippen LogP contribution is -2.21. The van der Waals surface area contributed by atoms with Crippen molar-refractivity contribution in [2.45, 2.75) is 46.2 Å². The quantitative estimate of drug-likeness (QED) is 0.900. The minimum Gasteiger partial charge on any atom is -0.311 e. The summed E-state index contributed by atoms with van der Waals surface area (Å²) in [6.45, 7) is 7.48. The number of hydrogen-bond acceptors (Lipinski definition) is 2. The highest BCUT2D eigenvalue weighted by atomic mass is 15.3. The predicted molar refractivity (Wildman–Crippen MR) is 83.6 cm³/mol. The summed E-state index contributed by atoms with van der Waals surface area (Å²) in [7, 11) is 0. The van der Waals surface area contributed by atoms with Crippen LogP contribution in [0.1, 0.15) is 38.8 Å². The number of aromatic nitrogens is 2. The molecule has 20 heavy (non-hydrogen) atoms. The Morgan fingerprint density at radius 1 is 1.30 bits per heavy atom. The van der Waals surface area contributed by atoms with Crippen molar-refractivity contribution in [2.24, 2.45) is 11.8 Å². The molecule has 2 atom stereocenters. The molecule has 0 amide bonds. The minimum atomic E-state index is 0.865. The van der Waals surface area contributed by atoms with Crippen LogP contribution in [0.2, 0.25) is 0 Å². The molecule has 3 rings (SSSR count). The fourth-order valence-electron chi connectivity index (χ4n) is 3.47. The van der Waals surface area contributed by atoms with Gasteiger partial charge >= 0.3 is 0 Å². The third kappa shape index (κ3) is 2.73. The smallest absolute Gasteiger partial charge is 0.0841 e. The van der Waals surface area contributed by atoms with Gasteiger partial charge in [0.25, 0.3) is 0 Å². The van der Waals surface area contributed by atoms with Gasteiger partial charge in [-0.1, -0.05) is 31.5 Å². The second-order valence-corrected chi connectivity index (χ2v) is 6.19. The first-order valence-corrected chi connectivity index (χ1v) is 7.93. The van der Waals surface area contributed by atoms with Crippen molar-refractivity contribution in [3.8, 4) is 0 Å². The molecule has 0 saturated heterocycles. The first kappa shape index (κ1) is 13.6. The average molecular weight is 271 g/mol. The Hall–Kier alpha value is -1.35. The number of rotatable bonds is 5. The van der Waals surface area contributed by atoms with E-state index in [4.69, 9.17) is 5.10 Å². The molecule has 0 spiro atoms. The maximum atomic E-state index is 4.74. The number of hydrogen-bond donors (Lipinski definition) is 1. The summed E-state index contributed by atoms with van der Waals surface area (Å²) in [5.74, 6) is 1.78. The molecule has 0 radical (unpaired) electrons. The van der Waals surface area contributed by atoms with Gasteiger partial charge in [0.15, 0.2) is 0 Å². The molecule has 3 nitrogen and oxygen atoms in total. The minimum absolute atomic E-state index is 0.865. The van der Waals surface area contributed by atoms with Crippen molar-refractivity contribution >= 4 is 10.9 Å². The Morgan fingerprint density at radius 3 is 2.90 bits per heavy atom. The second-order valence-electron chi connectivity index (χ2n) is 6.19. The van der Waals surface area contributed by atoms with Crippen molar-refractivity contribution in [1.82, 2.24) is 15.1 Å². The number of para-hydroxylation sites is 1. The molecule has 1 aromatic heterocycles. The van der Waals surface area contributed by atoms with Gasteiger partial charge in [-0.2, -0.15) is 5.10 Å². The SMILES string of the molecule is CCn1nc(CNCC2CCC(C)C2)c2ccccc21. The van der Waals surface area contributed by atoms with Gasteiger partial charge in [-0.25, -0.2) is 0 Å². The molecular formula is C17H25N3. The Morgan fingerprint density at radius 2 is 2.15 bits per heavy atom. The van der Waals surface area contributed by atoms with Crippen molar-refractivity contribution in [3.05, 3.63) is 30.0 Å². The van der Waals surface area contributed by atoms with Gasteiger partial charge in [0.1, 0.15) is 0 Å². The Bertz CT molecular complexity index is 573. The Balaban J connectivity index is 1.65. The van der Waals surface area contributed by atoms with E-state index in [9.17, 15) is 0 Å². The molecule has 2 aromatic rings. The fourth-order valence-corrected chi connectivity index (χ4v) is 3.47. The molecule has 2 unspecified atom stereocenters. The number of aryl methyl sites for hydroxylation is 1. The lowest BCUT2D eigenvalue weighted by Gasteiger charge is -2.10. The van der Waals surface area contributed by atoms with E-state index in [0.717, 1.165) is 31.5 Å². The number of benzene rings is 1. The van der Waals surface area contributed by atoms with E-state index in [1.165, 1.54) is 35.9 Å². The fraction of sp³-hybridized carbons (Fsp3) is 0.588. The topological polar surface area (TPSA) is 29.9 Å². The number of nitrogens with one attached hydrogen (secondary N) is 1. The zero-order valence-corrected chi connectivity index (χ0v) is 12.6. The molecule has 1 aliphatic carbocycles. The molecule has 3 heteroatoms. The van der Waals surface area contributed by atoms with Crippen molar-refractivity contribution in [2.75, 3.05) is 6.54 Å². The third-order valence-corrected chi connectivity index (χ3v) is 4.56. The van der Waals surface area contributed by atoms with Crippen LogP contribution in [0.4, 0.5) is 0 Å². The van der Waals surface area contributed by atoms with Crippen LogP contribution < -0.4 is 5.32 Å². The van der Waals surface area contributed by atoms with Crippen LogP contribution in [0.15, 0.2) is 24.3 Å². The summed E-state index contributed by atoms with van der Waals surface area (Å²) in [6.07, 6.45) is 4.18. The van der Waals surface area contributed by atoms with E-state index < -0.39 is 0 Å². The van der Waals surface area contributed by atoms with E-state index in [2.05, 4.69) is 48.1 Å². The van der Waals surface area contributed by atoms with Gasteiger partial charge < -0.3 is 5.32 Å². The van der Waals surface area contributed by atoms with Crippen LogP contribution in [-0.4, -0.2) is 16.3 Å². The summed E-state index contributed by atoms with van der Waals surface area (Å²) < 4.78 is 2.10. The van der Waals surface area contributed by atoms with Gasteiger partial charge in [0, 0.05) is 18.5 Å². The highest BCUT2D eigenvalue weighted by Crippen LogP contribution is 2.29. The monoisotopic (exact) mass is 271 g/mol. The van der Waals surface area contributed by atoms with Gasteiger partial charge in [-0.05, 0) is 44.2 Å². The van der Waals surface area contributed by atoms with Gasteiger partial charge in [0.2, 0.25) is 0 Å². The normalized spacial score (nSPS) is 22.7. The molecule has 0 bridgehead atoms. The molecule has 108 valence electrons. The standard InChI is InChI=1S/C17H25N3/c1-3-20-17-7-5-4-6-15(17)16(19-20)12-18-11-14-9-8-13(2)10-14/h4-7,13-14,18H,3,8-12H2,1-2H3. The second kappa shape index (κ2) is 5.96. The molecule has 1 saturated carbocycles. The van der Waals surface area contributed by atoms with Crippen molar-refractivity contribution < 1.29 is 0 Å². The highest BCUT2D eigenvalue weighted by Gasteiger charge is 2.20. The Labute approximate surface area is 121 Å². The zero-order chi connectivity index (χ0) is 13.9. The first-order valence-electron chi connectivity index (χ1n) is 7.93. The number of nitrogens with zero attached hydrogens (tertiary/aromatic N) is 2. The van der Waals surface area contributed by atoms with Crippen molar-refractivity contribution in [1.29, 1.82) is 0 Å². The van der Waals surface area contributed by atoms with Gasteiger partial charge in [0.05, 0.1) is 11.2 Å². The van der Waals surface area contributed by atoms with E-state index in [0.29, 0.717) is 0 Å². The summed E-state index contributed by atoms with van der Waals surface area (Å²) in [4.78, 5) is 0. The zero-order valence-electron chi connectivity index (χ0n) is 12.6. The summed E-state index contributed by atoms with van der Waals surface area (Å²) in [5, 5.41) is 9.65. The van der Waals surface area contributed by atoms with E-state index in [-0.39, 0.29) is 0 Å². The molecule has 1 heterocycles. The van der Waals surface area contributed by atoms with E-state index in [1.807, 2.05) is 0 Å². The molecule has 1 aromatic carbocycles. The van der Waals surface area contributed by atoms with Crippen LogP contribution >= 0.6 is 0 Å². The lowest BCUT2D eigenvalue weighted by atomic mass is 10.1. The first-order chi connectivity index (χ1) is 9.78. The van der Waals surface area contributed by atoms with E-state index >= 15 is 0 Å². The molecular weight excluding hydrogens is 246 g/mol. The third-order valence-electron chi connectivity index (χ3n) is 4.56. The van der Waals surface area contributed by atoms with Crippen LogP contribution in [0.25, 0.3) is 10.9 Å². The van der Waals surface area contributed by atoms with Crippen LogP contribution in [0.5, 0.6) is 0 Å². The predicted octanol–water partition coefficient (Wildman–Crippen LogP) is 3.58. The summed E-state index contributed by atoms with van der Waals surface area (Å²) in [5.41, 5.74) is 2.44. The maximum Gasteiger partial charge on any atom is 0.0841 e. The Kier molecular flexibility index (Phi) is 4.06. The molecule has 1 aliphatic rings. The number of fused-ring (bicyclic) bond motifs is 1. The van der Waals surface area contributed by atoms with Crippen LogP contribution in [0, 0.1) is 11.8 Å². The van der Waals surface area contributed by atoms with E-state index in [1.54, 1.807) is 0 Å². The average Bonchev–Trinajstić information content (AvgIpc) is 3.03.